The molecule has 82 valence electrons. The van der Waals surface area contributed by atoms with Gasteiger partial charge in [-0.1, -0.05) is 17.2 Å². The van der Waals surface area contributed by atoms with E-state index in [0.717, 1.165) is 22.6 Å². The van der Waals surface area contributed by atoms with Crippen molar-refractivity contribution in [2.75, 3.05) is 27.2 Å². The summed E-state index contributed by atoms with van der Waals surface area (Å²) in [6.45, 7) is 8.51. The lowest BCUT2D eigenvalue weighted by Crippen LogP contribution is -3.00. The van der Waals surface area contributed by atoms with Gasteiger partial charge in [0.15, 0.2) is 0 Å². The Kier molecular flexibility index (Phi) is 4.70. The molecule has 0 saturated heterocycles. The third-order valence-corrected chi connectivity index (χ3v) is 3.02. The minimum absolute atomic E-state index is 0. The number of hydrogen-bond acceptors (Lipinski definition) is 0. The van der Waals surface area contributed by atoms with E-state index in [2.05, 4.69) is 34.9 Å². The van der Waals surface area contributed by atoms with Crippen LogP contribution < -0.4 is 12.4 Å². The van der Waals surface area contributed by atoms with Crippen LogP contribution in [0.2, 0.25) is 0 Å². The van der Waals surface area contributed by atoms with Gasteiger partial charge in [-0.25, -0.2) is 0 Å². The number of halogens is 2. The maximum atomic E-state index is 6.22. The summed E-state index contributed by atoms with van der Waals surface area (Å²) in [7, 11) is 4.44. The number of quaternary nitrogens is 1. The third-order valence-electron chi connectivity index (χ3n) is 2.62. The first kappa shape index (κ1) is 14.0. The standard InChI is InChI=1S/C11H19ClN.ClH/c1-8(2)10-6-13(4,5)7-11(12)9(10)3;/h6-7H2,1-5H3;1H/q+1;/p-1. The molecule has 0 atom stereocenters. The van der Waals surface area contributed by atoms with Crippen molar-refractivity contribution in [3.05, 3.63) is 21.8 Å². The van der Waals surface area contributed by atoms with Gasteiger partial charge in [0.05, 0.1) is 19.1 Å². The SMILES string of the molecule is CC(C)=C1C[N+](C)(C)CC(Cl)=C1C.[Cl-]. The summed E-state index contributed by atoms with van der Waals surface area (Å²) in [5.74, 6) is 0. The Morgan fingerprint density at radius 1 is 1.21 bits per heavy atom. The molecule has 1 heterocycles. The van der Waals surface area contributed by atoms with Crippen LogP contribution in [0.3, 0.4) is 0 Å². The molecule has 0 bridgehead atoms. The zero-order valence-corrected chi connectivity index (χ0v) is 11.1. The zero-order chi connectivity index (χ0) is 10.2. The molecule has 0 fully saturated rings. The van der Waals surface area contributed by atoms with Crippen LogP contribution in [-0.4, -0.2) is 31.7 Å². The van der Waals surface area contributed by atoms with Gasteiger partial charge in [0.1, 0.15) is 13.1 Å². The lowest BCUT2D eigenvalue weighted by atomic mass is 9.98. The Bertz CT molecular complexity index is 284. The van der Waals surface area contributed by atoms with Crippen molar-refractivity contribution in [3.63, 3.8) is 0 Å². The second-order valence-electron chi connectivity index (χ2n) is 4.76. The van der Waals surface area contributed by atoms with Crippen molar-refractivity contribution >= 4 is 11.6 Å². The molecule has 0 aromatic heterocycles. The van der Waals surface area contributed by atoms with Gasteiger partial charge in [0, 0.05) is 5.57 Å². The molecule has 0 aliphatic carbocycles. The summed E-state index contributed by atoms with van der Waals surface area (Å²) < 4.78 is 0.969. The molecule has 0 spiro atoms. The van der Waals surface area contributed by atoms with Crippen molar-refractivity contribution in [3.8, 4) is 0 Å². The van der Waals surface area contributed by atoms with Crippen LogP contribution in [0.1, 0.15) is 20.8 Å². The maximum absolute atomic E-state index is 6.22. The molecule has 0 unspecified atom stereocenters. The van der Waals surface area contributed by atoms with Crippen molar-refractivity contribution in [1.82, 2.24) is 0 Å². The van der Waals surface area contributed by atoms with Crippen LogP contribution in [0.5, 0.6) is 0 Å². The van der Waals surface area contributed by atoms with E-state index in [1.165, 1.54) is 16.7 Å². The smallest absolute Gasteiger partial charge is 0.115 e. The number of allylic oxidation sites excluding steroid dienone is 1. The summed E-state index contributed by atoms with van der Waals surface area (Å²) in [4.78, 5) is 0. The Morgan fingerprint density at radius 2 is 1.71 bits per heavy atom. The van der Waals surface area contributed by atoms with Gasteiger partial charge < -0.3 is 16.9 Å². The summed E-state index contributed by atoms with van der Waals surface area (Å²) in [6.07, 6.45) is 0. The number of rotatable bonds is 0. The van der Waals surface area contributed by atoms with Crippen LogP contribution in [0.25, 0.3) is 0 Å². The number of nitrogens with zero attached hydrogens (tertiary/aromatic N) is 1. The lowest BCUT2D eigenvalue weighted by Gasteiger charge is -2.35. The summed E-state index contributed by atoms with van der Waals surface area (Å²) in [5, 5.41) is 1.02. The van der Waals surface area contributed by atoms with Crippen LogP contribution in [-0.2, 0) is 0 Å². The quantitative estimate of drug-likeness (QED) is 0.516. The van der Waals surface area contributed by atoms with Crippen LogP contribution in [0.15, 0.2) is 21.8 Å². The Labute approximate surface area is 98.4 Å². The molecule has 0 saturated carbocycles. The van der Waals surface area contributed by atoms with E-state index in [1.54, 1.807) is 0 Å². The van der Waals surface area contributed by atoms with Gasteiger partial charge in [-0.15, -0.1) is 0 Å². The highest BCUT2D eigenvalue weighted by molar-refractivity contribution is 6.30. The van der Waals surface area contributed by atoms with Crippen molar-refractivity contribution in [2.45, 2.75) is 20.8 Å². The van der Waals surface area contributed by atoms with Gasteiger partial charge >= 0.3 is 0 Å². The van der Waals surface area contributed by atoms with Gasteiger partial charge in [0.25, 0.3) is 0 Å². The van der Waals surface area contributed by atoms with E-state index < -0.39 is 0 Å². The molecule has 1 rings (SSSR count). The second-order valence-corrected chi connectivity index (χ2v) is 5.22. The minimum Gasteiger partial charge on any atom is -1.00 e. The molecule has 0 aromatic carbocycles. The predicted molar refractivity (Wildman–Crippen MR) is 58.8 cm³/mol. The average Bonchev–Trinajstić information content (AvgIpc) is 1.95. The highest BCUT2D eigenvalue weighted by atomic mass is 35.5. The van der Waals surface area contributed by atoms with E-state index in [-0.39, 0.29) is 12.4 Å². The molecule has 0 aromatic rings. The van der Waals surface area contributed by atoms with Crippen molar-refractivity contribution < 1.29 is 16.9 Å². The van der Waals surface area contributed by atoms with E-state index in [1.807, 2.05) is 0 Å². The molecule has 0 amide bonds. The first-order valence-electron chi connectivity index (χ1n) is 4.67. The van der Waals surface area contributed by atoms with E-state index in [9.17, 15) is 0 Å². The molecule has 1 aliphatic heterocycles. The van der Waals surface area contributed by atoms with Crippen molar-refractivity contribution in [2.24, 2.45) is 0 Å². The molecule has 0 radical (unpaired) electrons. The van der Waals surface area contributed by atoms with Crippen LogP contribution in [0.4, 0.5) is 0 Å². The summed E-state index contributed by atoms with van der Waals surface area (Å²) in [5.41, 5.74) is 4.11. The van der Waals surface area contributed by atoms with Gasteiger partial charge in [0.2, 0.25) is 0 Å². The van der Waals surface area contributed by atoms with Crippen molar-refractivity contribution in [1.29, 1.82) is 0 Å². The van der Waals surface area contributed by atoms with E-state index >= 15 is 0 Å². The molecule has 1 aliphatic rings. The second kappa shape index (κ2) is 4.69. The molecule has 1 nitrogen and oxygen atoms in total. The molecule has 14 heavy (non-hydrogen) atoms. The first-order valence-corrected chi connectivity index (χ1v) is 5.05. The topological polar surface area (TPSA) is 0 Å². The third kappa shape index (κ3) is 3.01. The normalized spacial score (nSPS) is 20.6. The molecular weight excluding hydrogens is 217 g/mol. The van der Waals surface area contributed by atoms with Crippen LogP contribution >= 0.6 is 11.6 Å². The van der Waals surface area contributed by atoms with Gasteiger partial charge in [-0.2, -0.15) is 0 Å². The lowest BCUT2D eigenvalue weighted by molar-refractivity contribution is -0.881. The monoisotopic (exact) mass is 235 g/mol. The largest absolute Gasteiger partial charge is 1.00 e. The zero-order valence-electron chi connectivity index (χ0n) is 9.62. The van der Waals surface area contributed by atoms with Crippen LogP contribution in [0, 0.1) is 0 Å². The van der Waals surface area contributed by atoms with Gasteiger partial charge in [-0.3, -0.25) is 0 Å². The fourth-order valence-corrected chi connectivity index (χ4v) is 2.23. The fraction of sp³-hybridized carbons (Fsp3) is 0.636. The van der Waals surface area contributed by atoms with E-state index in [0.29, 0.717) is 0 Å². The fourth-order valence-electron chi connectivity index (χ4n) is 1.79. The molecular formula is C11H19Cl2N. The Balaban J connectivity index is 0.00000169. The average molecular weight is 236 g/mol. The Hall–Kier alpha value is 0.0200. The highest BCUT2D eigenvalue weighted by Gasteiger charge is 2.27. The molecule has 0 N–H and O–H groups in total. The Morgan fingerprint density at radius 3 is 2.14 bits per heavy atom. The number of likely N-dealkylation sites (N-methyl/N-ethyl adjacent to an activating group) is 1. The minimum atomic E-state index is 0. The predicted octanol–water partition coefficient (Wildman–Crippen LogP) is -0.0704. The highest BCUT2D eigenvalue weighted by Crippen LogP contribution is 2.29. The molecule has 3 heteroatoms. The summed E-state index contributed by atoms with van der Waals surface area (Å²) >= 11 is 6.22. The van der Waals surface area contributed by atoms with Gasteiger partial charge in [-0.05, 0) is 26.3 Å². The summed E-state index contributed by atoms with van der Waals surface area (Å²) in [6, 6.07) is 0. The maximum Gasteiger partial charge on any atom is 0.115 e. The number of hydrogen-bond donors (Lipinski definition) is 0. The van der Waals surface area contributed by atoms with E-state index in [4.69, 9.17) is 11.6 Å². The first-order chi connectivity index (χ1) is 5.83.